The van der Waals surface area contributed by atoms with Crippen molar-refractivity contribution < 1.29 is 35.4 Å². The molecule has 2 aromatic carbocycles. The molecule has 0 radical (unpaired) electrons. The standard InChI is InChI=1S/C24H32O7/c1-13-10-14(2)18(12-17-6-4-16(5-7-17)8-9-25)19(11-13)24(30)23(29)21(28)20(27)22(31-24)15(3)26/h4-7,10-11,15,20-23,25-30H,8-9,12H2,1-3H3/t15-,20-,21-,22+,23+,24+/m0/s1. The lowest BCUT2D eigenvalue weighted by Gasteiger charge is -2.47. The minimum absolute atomic E-state index is 0.0709. The van der Waals surface area contributed by atoms with E-state index in [1.165, 1.54) is 6.92 Å². The molecule has 1 heterocycles. The SMILES string of the molecule is Cc1cc(C)c(Cc2ccc(CCO)cc2)c([C@@]2(O)O[C@H]([C@H](C)O)[C@@H](O)[C@H](O)[C@H]2O)c1. The molecule has 7 heteroatoms. The molecule has 0 spiro atoms. The highest BCUT2D eigenvalue weighted by atomic mass is 16.7. The van der Waals surface area contributed by atoms with E-state index in [0.29, 0.717) is 12.8 Å². The van der Waals surface area contributed by atoms with Gasteiger partial charge in [-0.3, -0.25) is 0 Å². The molecule has 1 fully saturated rings. The third-order valence-corrected chi connectivity index (χ3v) is 6.01. The van der Waals surface area contributed by atoms with Gasteiger partial charge in [0.1, 0.15) is 24.4 Å². The molecule has 6 atom stereocenters. The fourth-order valence-electron chi connectivity index (χ4n) is 4.27. The van der Waals surface area contributed by atoms with Crippen LogP contribution in [0.5, 0.6) is 0 Å². The van der Waals surface area contributed by atoms with Crippen LogP contribution in [-0.4, -0.2) is 67.8 Å². The summed E-state index contributed by atoms with van der Waals surface area (Å²) in [5, 5.41) is 61.9. The lowest BCUT2D eigenvalue weighted by molar-refractivity contribution is -0.364. The smallest absolute Gasteiger partial charge is 0.222 e. The molecule has 0 aliphatic carbocycles. The molecule has 0 unspecified atom stereocenters. The van der Waals surface area contributed by atoms with Crippen LogP contribution in [0.15, 0.2) is 36.4 Å². The van der Waals surface area contributed by atoms with Crippen LogP contribution in [0.2, 0.25) is 0 Å². The van der Waals surface area contributed by atoms with Gasteiger partial charge in [-0.25, -0.2) is 0 Å². The predicted octanol–water partition coefficient (Wildman–Crippen LogP) is 0.436. The first kappa shape index (κ1) is 23.8. The van der Waals surface area contributed by atoms with Gasteiger partial charge in [0.15, 0.2) is 0 Å². The molecular weight excluding hydrogens is 400 g/mol. The third kappa shape index (κ3) is 4.68. The van der Waals surface area contributed by atoms with Crippen LogP contribution in [0, 0.1) is 13.8 Å². The summed E-state index contributed by atoms with van der Waals surface area (Å²) < 4.78 is 5.67. The van der Waals surface area contributed by atoms with Gasteiger partial charge in [-0.2, -0.15) is 0 Å². The van der Waals surface area contributed by atoms with Gasteiger partial charge in [0, 0.05) is 12.2 Å². The van der Waals surface area contributed by atoms with Crippen LogP contribution in [0.4, 0.5) is 0 Å². The highest BCUT2D eigenvalue weighted by Crippen LogP contribution is 2.40. The van der Waals surface area contributed by atoms with Crippen LogP contribution in [0.3, 0.4) is 0 Å². The Morgan fingerprint density at radius 1 is 1.00 bits per heavy atom. The lowest BCUT2D eigenvalue weighted by Crippen LogP contribution is -2.65. The van der Waals surface area contributed by atoms with Crippen molar-refractivity contribution in [3.05, 3.63) is 69.8 Å². The highest BCUT2D eigenvalue weighted by Gasteiger charge is 2.55. The summed E-state index contributed by atoms with van der Waals surface area (Å²) in [5.41, 5.74) is 4.66. The number of hydrogen-bond donors (Lipinski definition) is 6. The quantitative estimate of drug-likeness (QED) is 0.390. The second-order valence-corrected chi connectivity index (χ2v) is 8.52. The van der Waals surface area contributed by atoms with Crippen LogP contribution in [0.1, 0.15) is 40.3 Å². The fourth-order valence-corrected chi connectivity index (χ4v) is 4.27. The van der Waals surface area contributed by atoms with Gasteiger partial charge in [-0.15, -0.1) is 0 Å². The van der Waals surface area contributed by atoms with Gasteiger partial charge < -0.3 is 35.4 Å². The van der Waals surface area contributed by atoms with E-state index in [9.17, 15) is 25.5 Å². The van der Waals surface area contributed by atoms with Crippen molar-refractivity contribution in [2.45, 2.75) is 69.9 Å². The summed E-state index contributed by atoms with van der Waals surface area (Å²) in [6.45, 7) is 5.19. The van der Waals surface area contributed by atoms with E-state index in [0.717, 1.165) is 27.8 Å². The second-order valence-electron chi connectivity index (χ2n) is 8.52. The number of ether oxygens (including phenoxy) is 1. The summed E-state index contributed by atoms with van der Waals surface area (Å²) in [6.07, 6.45) is -6.54. The van der Waals surface area contributed by atoms with Gasteiger partial charge >= 0.3 is 0 Å². The van der Waals surface area contributed by atoms with Crippen molar-refractivity contribution in [3.8, 4) is 0 Å². The third-order valence-electron chi connectivity index (χ3n) is 6.01. The average molecular weight is 433 g/mol. The first-order valence-electron chi connectivity index (χ1n) is 10.5. The maximum atomic E-state index is 11.5. The Balaban J connectivity index is 2.05. The summed E-state index contributed by atoms with van der Waals surface area (Å²) in [5.74, 6) is -2.32. The van der Waals surface area contributed by atoms with Gasteiger partial charge in [-0.1, -0.05) is 42.0 Å². The van der Waals surface area contributed by atoms with E-state index in [4.69, 9.17) is 9.84 Å². The van der Waals surface area contributed by atoms with Gasteiger partial charge in [-0.05, 0) is 55.9 Å². The largest absolute Gasteiger partial charge is 0.396 e. The highest BCUT2D eigenvalue weighted by molar-refractivity contribution is 5.45. The molecule has 2 aromatic rings. The first-order valence-corrected chi connectivity index (χ1v) is 10.5. The molecule has 0 saturated carbocycles. The average Bonchev–Trinajstić information content (AvgIpc) is 2.72. The molecule has 1 saturated heterocycles. The minimum Gasteiger partial charge on any atom is -0.396 e. The number of aliphatic hydroxyl groups is 6. The number of benzene rings is 2. The molecule has 31 heavy (non-hydrogen) atoms. The van der Waals surface area contributed by atoms with Crippen molar-refractivity contribution in [3.63, 3.8) is 0 Å². The Hall–Kier alpha value is -1.84. The zero-order valence-electron chi connectivity index (χ0n) is 18.1. The van der Waals surface area contributed by atoms with E-state index in [1.54, 1.807) is 6.07 Å². The normalized spacial score (nSPS) is 29.7. The number of hydrogen-bond acceptors (Lipinski definition) is 7. The Morgan fingerprint density at radius 3 is 2.19 bits per heavy atom. The van der Waals surface area contributed by atoms with Crippen molar-refractivity contribution in [1.29, 1.82) is 0 Å². The van der Waals surface area contributed by atoms with Crippen molar-refractivity contribution in [2.75, 3.05) is 6.61 Å². The molecule has 0 aromatic heterocycles. The fraction of sp³-hybridized carbons (Fsp3) is 0.500. The van der Waals surface area contributed by atoms with E-state index in [1.807, 2.05) is 44.2 Å². The Morgan fingerprint density at radius 2 is 1.61 bits per heavy atom. The molecule has 6 N–H and O–H groups in total. The van der Waals surface area contributed by atoms with E-state index in [-0.39, 0.29) is 12.2 Å². The second kappa shape index (κ2) is 9.34. The Bertz CT molecular complexity index is 896. The van der Waals surface area contributed by atoms with Crippen molar-refractivity contribution >= 4 is 0 Å². The van der Waals surface area contributed by atoms with Gasteiger partial charge in [0.25, 0.3) is 0 Å². The van der Waals surface area contributed by atoms with E-state index < -0.39 is 36.3 Å². The summed E-state index contributed by atoms with van der Waals surface area (Å²) in [7, 11) is 0. The molecule has 1 aliphatic heterocycles. The van der Waals surface area contributed by atoms with Crippen molar-refractivity contribution in [1.82, 2.24) is 0 Å². The van der Waals surface area contributed by atoms with Gasteiger partial charge in [0.2, 0.25) is 5.79 Å². The number of aryl methyl sites for hydroxylation is 2. The molecule has 0 amide bonds. The lowest BCUT2D eigenvalue weighted by atomic mass is 9.82. The van der Waals surface area contributed by atoms with E-state index in [2.05, 4.69) is 0 Å². The molecule has 170 valence electrons. The minimum atomic E-state index is -2.32. The summed E-state index contributed by atoms with van der Waals surface area (Å²) in [6, 6.07) is 11.4. The number of rotatable bonds is 6. The maximum absolute atomic E-state index is 11.5. The Labute approximate surface area is 182 Å². The van der Waals surface area contributed by atoms with Crippen LogP contribution in [-0.2, 0) is 23.4 Å². The number of aliphatic hydroxyl groups excluding tert-OH is 5. The topological polar surface area (TPSA) is 131 Å². The van der Waals surface area contributed by atoms with Crippen LogP contribution in [0.25, 0.3) is 0 Å². The maximum Gasteiger partial charge on any atom is 0.222 e. The molecule has 0 bridgehead atoms. The summed E-state index contributed by atoms with van der Waals surface area (Å²) in [4.78, 5) is 0. The summed E-state index contributed by atoms with van der Waals surface area (Å²) >= 11 is 0. The first-order chi connectivity index (χ1) is 14.6. The predicted molar refractivity (Wildman–Crippen MR) is 114 cm³/mol. The molecule has 3 rings (SSSR count). The Kier molecular flexibility index (Phi) is 7.18. The van der Waals surface area contributed by atoms with Gasteiger partial charge in [0.05, 0.1) is 6.10 Å². The van der Waals surface area contributed by atoms with Crippen LogP contribution >= 0.6 is 0 Å². The molecule has 1 aliphatic rings. The zero-order valence-corrected chi connectivity index (χ0v) is 18.1. The molecular formula is C24H32O7. The van der Waals surface area contributed by atoms with E-state index >= 15 is 0 Å². The van der Waals surface area contributed by atoms with Crippen LogP contribution < -0.4 is 0 Å². The van der Waals surface area contributed by atoms with Crippen molar-refractivity contribution in [2.24, 2.45) is 0 Å². The monoisotopic (exact) mass is 432 g/mol. The zero-order chi connectivity index (χ0) is 22.9. The molecule has 7 nitrogen and oxygen atoms in total.